The van der Waals surface area contributed by atoms with Gasteiger partial charge < -0.3 is 0 Å². The number of hydrogen-bond acceptors (Lipinski definition) is 4. The van der Waals surface area contributed by atoms with Gasteiger partial charge in [0.25, 0.3) is 0 Å². The van der Waals surface area contributed by atoms with Gasteiger partial charge in [0.15, 0.2) is 0 Å². The fourth-order valence-corrected chi connectivity index (χ4v) is 7.92. The summed E-state index contributed by atoms with van der Waals surface area (Å²) in [6.07, 6.45) is 2.54. The van der Waals surface area contributed by atoms with Crippen molar-refractivity contribution in [1.82, 2.24) is 0 Å². The van der Waals surface area contributed by atoms with Crippen molar-refractivity contribution in [2.24, 2.45) is 0 Å². The second kappa shape index (κ2) is 7.51. The molecule has 3 aromatic rings. The lowest BCUT2D eigenvalue weighted by Crippen LogP contribution is -2.48. The van der Waals surface area contributed by atoms with Crippen molar-refractivity contribution in [3.05, 3.63) is 62.5 Å². The number of thioether (sulfide) groups is 1. The van der Waals surface area contributed by atoms with E-state index in [1.807, 2.05) is 13.0 Å². The Morgan fingerprint density at radius 3 is 1.91 bits per heavy atom. The van der Waals surface area contributed by atoms with E-state index in [0.717, 1.165) is 22.7 Å². The Morgan fingerprint density at radius 1 is 0.781 bits per heavy atom. The summed E-state index contributed by atoms with van der Waals surface area (Å²) in [5.41, 5.74) is -3.08. The molecule has 168 valence electrons. The van der Waals surface area contributed by atoms with Crippen LogP contribution in [0.25, 0.3) is 25.8 Å². The van der Waals surface area contributed by atoms with E-state index in [2.05, 4.69) is 0 Å². The van der Waals surface area contributed by atoms with E-state index in [4.69, 9.17) is 0 Å². The average Bonchev–Trinajstić information content (AvgIpc) is 3.51. The predicted molar refractivity (Wildman–Crippen MR) is 123 cm³/mol. The van der Waals surface area contributed by atoms with Gasteiger partial charge in [-0.15, -0.1) is 45.8 Å². The van der Waals surface area contributed by atoms with Crippen molar-refractivity contribution >= 4 is 61.8 Å². The minimum absolute atomic E-state index is 0.197. The maximum Gasteiger partial charge on any atom is 0.380 e. The molecule has 1 unspecified atom stereocenters. The molecule has 0 fully saturated rings. The lowest BCUT2D eigenvalue weighted by Gasteiger charge is -2.26. The normalized spacial score (nSPS) is 23.7. The van der Waals surface area contributed by atoms with Crippen molar-refractivity contribution in [1.29, 1.82) is 0 Å². The zero-order valence-electron chi connectivity index (χ0n) is 16.3. The Kier molecular flexibility index (Phi) is 5.24. The topological polar surface area (TPSA) is 0 Å². The van der Waals surface area contributed by atoms with Gasteiger partial charge in [0.2, 0.25) is 0 Å². The van der Waals surface area contributed by atoms with Crippen molar-refractivity contribution in [2.45, 2.75) is 36.4 Å². The number of thiophene rings is 3. The van der Waals surface area contributed by atoms with E-state index < -0.39 is 28.9 Å². The standard InChI is InChI=1S/C22H14F6S4/c1-11-4-5-15(32-11)19-13(7-10-31-19)17-16(20(23,24)22(27,28)21(17,25)26)12-6-9-30-18(12)14-3-2-8-29-14/h2-3,5-11H,4H2,1H3. The molecule has 3 aromatic heterocycles. The highest BCUT2D eigenvalue weighted by atomic mass is 32.2. The van der Waals surface area contributed by atoms with Gasteiger partial charge in [0.1, 0.15) is 0 Å². The lowest BCUT2D eigenvalue weighted by atomic mass is 9.95. The van der Waals surface area contributed by atoms with Gasteiger partial charge in [-0.25, -0.2) is 0 Å². The molecule has 2 aliphatic rings. The fraction of sp³-hybridized carbons (Fsp3) is 0.273. The Hall–Kier alpha value is -1.49. The largest absolute Gasteiger partial charge is 0.380 e. The van der Waals surface area contributed by atoms with E-state index in [1.165, 1.54) is 46.0 Å². The van der Waals surface area contributed by atoms with Crippen molar-refractivity contribution < 1.29 is 26.3 Å². The van der Waals surface area contributed by atoms with Crippen LogP contribution in [0.15, 0.2) is 46.5 Å². The van der Waals surface area contributed by atoms with Crippen LogP contribution in [0.4, 0.5) is 26.3 Å². The van der Waals surface area contributed by atoms with Gasteiger partial charge >= 0.3 is 17.8 Å². The molecule has 0 radical (unpaired) electrons. The van der Waals surface area contributed by atoms with Crippen molar-refractivity contribution in [2.75, 3.05) is 0 Å². The van der Waals surface area contributed by atoms with Crippen LogP contribution in [0.3, 0.4) is 0 Å². The van der Waals surface area contributed by atoms with Crippen molar-refractivity contribution in [3.63, 3.8) is 0 Å². The number of rotatable bonds is 4. The van der Waals surface area contributed by atoms with E-state index in [9.17, 15) is 8.78 Å². The van der Waals surface area contributed by atoms with Crippen LogP contribution in [0.5, 0.6) is 0 Å². The summed E-state index contributed by atoms with van der Waals surface area (Å²) in [6, 6.07) is 5.83. The van der Waals surface area contributed by atoms with Gasteiger partial charge in [-0.05, 0) is 40.8 Å². The molecular weight excluding hydrogens is 506 g/mol. The molecule has 0 saturated heterocycles. The third kappa shape index (κ3) is 3.02. The number of allylic oxidation sites excluding steroid dienone is 3. The second-order valence-electron chi connectivity index (χ2n) is 7.51. The van der Waals surface area contributed by atoms with Crippen molar-refractivity contribution in [3.8, 4) is 9.75 Å². The van der Waals surface area contributed by atoms with Crippen LogP contribution in [-0.4, -0.2) is 23.0 Å². The third-order valence-corrected chi connectivity index (χ3v) is 9.73. The van der Waals surface area contributed by atoms with E-state index >= 15 is 17.6 Å². The summed E-state index contributed by atoms with van der Waals surface area (Å²) in [5, 5.41) is 4.86. The molecule has 0 aromatic carbocycles. The zero-order valence-corrected chi connectivity index (χ0v) is 19.6. The Labute approximate surface area is 196 Å². The van der Waals surface area contributed by atoms with Gasteiger partial charge in [0.05, 0.1) is 4.88 Å². The van der Waals surface area contributed by atoms with E-state index in [0.29, 0.717) is 21.1 Å². The minimum Gasteiger partial charge on any atom is -0.194 e. The molecule has 5 rings (SSSR count). The summed E-state index contributed by atoms with van der Waals surface area (Å²) >= 11 is 4.82. The van der Waals surface area contributed by atoms with Gasteiger partial charge in [-0.1, -0.05) is 19.1 Å². The van der Waals surface area contributed by atoms with Gasteiger partial charge in [0, 0.05) is 42.2 Å². The molecule has 10 heteroatoms. The molecule has 0 N–H and O–H groups in total. The molecule has 32 heavy (non-hydrogen) atoms. The first-order valence-electron chi connectivity index (χ1n) is 9.53. The van der Waals surface area contributed by atoms with Crippen LogP contribution in [0.2, 0.25) is 0 Å². The molecule has 0 spiro atoms. The van der Waals surface area contributed by atoms with Crippen LogP contribution in [0.1, 0.15) is 29.3 Å². The smallest absolute Gasteiger partial charge is 0.194 e. The Bertz CT molecular complexity index is 1230. The highest BCUT2D eigenvalue weighted by Crippen LogP contribution is 2.66. The molecule has 0 amide bonds. The minimum atomic E-state index is -5.55. The molecule has 4 heterocycles. The molecule has 0 saturated carbocycles. The van der Waals surface area contributed by atoms with E-state index in [1.54, 1.807) is 17.5 Å². The fourth-order valence-electron chi connectivity index (χ4n) is 3.97. The van der Waals surface area contributed by atoms with Crippen LogP contribution in [0, 0.1) is 0 Å². The number of halogens is 6. The Balaban J connectivity index is 1.81. The summed E-state index contributed by atoms with van der Waals surface area (Å²) in [7, 11) is 0. The zero-order chi connectivity index (χ0) is 22.9. The first kappa shape index (κ1) is 22.3. The molecule has 1 aliphatic carbocycles. The lowest BCUT2D eigenvalue weighted by molar-refractivity contribution is -0.254. The van der Waals surface area contributed by atoms with Crippen LogP contribution < -0.4 is 0 Å². The summed E-state index contributed by atoms with van der Waals surface area (Å²) < 4.78 is 90.1. The maximum absolute atomic E-state index is 15.2. The first-order valence-corrected chi connectivity index (χ1v) is 13.0. The molecule has 0 nitrogen and oxygen atoms in total. The summed E-state index contributed by atoms with van der Waals surface area (Å²) in [5.74, 6) is -15.6. The Morgan fingerprint density at radius 2 is 1.38 bits per heavy atom. The predicted octanol–water partition coefficient (Wildman–Crippen LogP) is 9.23. The molecule has 1 atom stereocenters. The quantitative estimate of drug-likeness (QED) is 0.309. The number of hydrogen-bond donors (Lipinski definition) is 0. The monoisotopic (exact) mass is 520 g/mol. The molecular formula is C22H14F6S4. The third-order valence-electron chi connectivity index (χ3n) is 5.47. The van der Waals surface area contributed by atoms with Crippen LogP contribution in [-0.2, 0) is 0 Å². The van der Waals surface area contributed by atoms with Gasteiger partial charge in [-0.2, -0.15) is 26.3 Å². The molecule has 1 aliphatic heterocycles. The average molecular weight is 521 g/mol. The SMILES string of the molecule is CC1CC=C(c2sccc2C2=C(c3ccsc3-c3cccs3)C(F)(F)C(F)(F)C2(F)F)S1. The second-order valence-corrected chi connectivity index (χ2v) is 11.8. The molecule has 0 bridgehead atoms. The summed E-state index contributed by atoms with van der Waals surface area (Å²) in [6.45, 7) is 1.96. The summed E-state index contributed by atoms with van der Waals surface area (Å²) in [4.78, 5) is 1.82. The van der Waals surface area contributed by atoms with E-state index in [-0.39, 0.29) is 21.3 Å². The van der Waals surface area contributed by atoms with Gasteiger partial charge in [-0.3, -0.25) is 0 Å². The van der Waals surface area contributed by atoms with Crippen LogP contribution >= 0.6 is 45.8 Å². The maximum atomic E-state index is 15.2. The first-order chi connectivity index (χ1) is 15.1. The number of alkyl halides is 6. The highest BCUT2D eigenvalue weighted by molar-refractivity contribution is 8.09. The highest BCUT2D eigenvalue weighted by Gasteiger charge is 2.80.